The zero-order valence-electron chi connectivity index (χ0n) is 11.8. The van der Waals surface area contributed by atoms with Gasteiger partial charge in [0.05, 0.1) is 6.10 Å². The van der Waals surface area contributed by atoms with Crippen LogP contribution in [-0.4, -0.2) is 25.9 Å². The van der Waals surface area contributed by atoms with Crippen molar-refractivity contribution in [1.29, 1.82) is 0 Å². The van der Waals surface area contributed by atoms with Crippen LogP contribution in [-0.2, 0) is 4.74 Å². The van der Waals surface area contributed by atoms with Gasteiger partial charge in [-0.1, -0.05) is 18.2 Å². The highest BCUT2D eigenvalue weighted by molar-refractivity contribution is 5.35. The van der Waals surface area contributed by atoms with Gasteiger partial charge in [-0.05, 0) is 32.3 Å². The first-order valence-corrected chi connectivity index (χ1v) is 6.96. The molecule has 0 bridgehead atoms. The van der Waals surface area contributed by atoms with Crippen LogP contribution >= 0.6 is 0 Å². The molecule has 0 spiro atoms. The van der Waals surface area contributed by atoms with E-state index in [1.54, 1.807) is 12.1 Å². The van der Waals surface area contributed by atoms with Crippen molar-refractivity contribution in [1.82, 2.24) is 5.32 Å². The number of halogens is 2. The van der Waals surface area contributed by atoms with E-state index in [9.17, 15) is 8.78 Å². The Morgan fingerprint density at radius 2 is 2.15 bits per heavy atom. The maximum atomic E-state index is 12.4. The highest BCUT2D eigenvalue weighted by Gasteiger charge is 2.24. The summed E-state index contributed by atoms with van der Waals surface area (Å²) in [6.07, 6.45) is 1.29. The Morgan fingerprint density at radius 1 is 1.40 bits per heavy atom. The van der Waals surface area contributed by atoms with E-state index in [2.05, 4.69) is 17.0 Å². The number of hydrogen-bond acceptors (Lipinski definition) is 3. The Bertz CT molecular complexity index is 428. The van der Waals surface area contributed by atoms with Crippen LogP contribution in [0, 0.1) is 5.92 Å². The van der Waals surface area contributed by atoms with Crippen LogP contribution < -0.4 is 10.1 Å². The average molecular weight is 285 g/mol. The fourth-order valence-corrected chi connectivity index (χ4v) is 2.52. The van der Waals surface area contributed by atoms with E-state index in [1.165, 1.54) is 0 Å². The summed E-state index contributed by atoms with van der Waals surface area (Å²) >= 11 is 0. The summed E-state index contributed by atoms with van der Waals surface area (Å²) in [6.45, 7) is 2.83. The number of nitrogens with one attached hydrogen (secondary N) is 1. The topological polar surface area (TPSA) is 30.5 Å². The number of ether oxygens (including phenoxy) is 2. The van der Waals surface area contributed by atoms with Gasteiger partial charge in [0.2, 0.25) is 0 Å². The smallest absolute Gasteiger partial charge is 0.387 e. The van der Waals surface area contributed by atoms with Gasteiger partial charge in [-0.25, -0.2) is 0 Å². The maximum absolute atomic E-state index is 12.4. The lowest BCUT2D eigenvalue weighted by Crippen LogP contribution is -2.29. The monoisotopic (exact) mass is 285 g/mol. The molecule has 1 fully saturated rings. The van der Waals surface area contributed by atoms with E-state index in [-0.39, 0.29) is 17.9 Å². The number of alkyl halides is 2. The summed E-state index contributed by atoms with van der Waals surface area (Å²) in [5.41, 5.74) is 0.749. The van der Waals surface area contributed by atoms with Gasteiger partial charge in [0.25, 0.3) is 0 Å². The minimum absolute atomic E-state index is 0.0437. The molecular formula is C15H21F2NO2. The summed E-state index contributed by atoms with van der Waals surface area (Å²) < 4.78 is 34.9. The Morgan fingerprint density at radius 3 is 2.80 bits per heavy atom. The number of rotatable bonds is 6. The molecule has 3 atom stereocenters. The maximum Gasteiger partial charge on any atom is 0.387 e. The van der Waals surface area contributed by atoms with E-state index in [4.69, 9.17) is 4.74 Å². The van der Waals surface area contributed by atoms with Crippen molar-refractivity contribution in [2.45, 2.75) is 39.0 Å². The SMILES string of the molecule is CC(NCC1CCOC1C)c1ccccc1OC(F)F. The van der Waals surface area contributed by atoms with Gasteiger partial charge in [0.15, 0.2) is 0 Å². The van der Waals surface area contributed by atoms with Gasteiger partial charge >= 0.3 is 6.61 Å². The minimum Gasteiger partial charge on any atom is -0.434 e. The van der Waals surface area contributed by atoms with E-state index >= 15 is 0 Å². The third-order valence-corrected chi connectivity index (χ3v) is 3.82. The predicted molar refractivity (Wildman–Crippen MR) is 73.0 cm³/mol. The Labute approximate surface area is 118 Å². The van der Waals surface area contributed by atoms with E-state index in [0.29, 0.717) is 5.92 Å². The molecule has 3 unspecified atom stereocenters. The number of benzene rings is 1. The second kappa shape index (κ2) is 6.99. The molecule has 1 aromatic carbocycles. The normalized spacial score (nSPS) is 24.1. The molecule has 5 heteroatoms. The van der Waals surface area contributed by atoms with Gasteiger partial charge in [0, 0.05) is 24.8 Å². The van der Waals surface area contributed by atoms with Crippen molar-refractivity contribution >= 4 is 0 Å². The van der Waals surface area contributed by atoms with Crippen molar-refractivity contribution < 1.29 is 18.3 Å². The van der Waals surface area contributed by atoms with Gasteiger partial charge in [-0.15, -0.1) is 0 Å². The minimum atomic E-state index is -2.80. The van der Waals surface area contributed by atoms with E-state index < -0.39 is 6.61 Å². The van der Waals surface area contributed by atoms with Crippen LogP contribution in [0.3, 0.4) is 0 Å². The van der Waals surface area contributed by atoms with E-state index in [1.807, 2.05) is 19.1 Å². The fraction of sp³-hybridized carbons (Fsp3) is 0.600. The standard InChI is InChI=1S/C15H21F2NO2/c1-10(18-9-12-7-8-19-11(12)2)13-5-3-4-6-14(13)20-15(16)17/h3-6,10-12,15,18H,7-9H2,1-2H3. The molecule has 2 rings (SSSR count). The summed E-state index contributed by atoms with van der Waals surface area (Å²) in [7, 11) is 0. The molecular weight excluding hydrogens is 264 g/mol. The zero-order valence-corrected chi connectivity index (χ0v) is 11.8. The number of para-hydroxylation sites is 1. The molecule has 0 amide bonds. The molecule has 1 saturated heterocycles. The van der Waals surface area contributed by atoms with Crippen LogP contribution in [0.4, 0.5) is 8.78 Å². The van der Waals surface area contributed by atoms with Crippen molar-refractivity contribution in [3.8, 4) is 5.75 Å². The predicted octanol–water partition coefficient (Wildman–Crippen LogP) is 3.36. The highest BCUT2D eigenvalue weighted by atomic mass is 19.3. The zero-order chi connectivity index (χ0) is 14.5. The Balaban J connectivity index is 1.96. The molecule has 1 heterocycles. The van der Waals surface area contributed by atoms with Crippen molar-refractivity contribution in [3.05, 3.63) is 29.8 Å². The largest absolute Gasteiger partial charge is 0.434 e. The third-order valence-electron chi connectivity index (χ3n) is 3.82. The van der Waals surface area contributed by atoms with Crippen molar-refractivity contribution in [2.75, 3.05) is 13.2 Å². The second-order valence-corrected chi connectivity index (χ2v) is 5.17. The lowest BCUT2D eigenvalue weighted by molar-refractivity contribution is -0.0506. The van der Waals surface area contributed by atoms with Crippen LogP contribution in [0.2, 0.25) is 0 Å². The summed E-state index contributed by atoms with van der Waals surface area (Å²) in [5, 5.41) is 3.38. The van der Waals surface area contributed by atoms with Gasteiger partial charge in [-0.2, -0.15) is 8.78 Å². The quantitative estimate of drug-likeness (QED) is 0.869. The first kappa shape index (κ1) is 15.2. The lowest BCUT2D eigenvalue weighted by Gasteiger charge is -2.21. The second-order valence-electron chi connectivity index (χ2n) is 5.17. The molecule has 20 heavy (non-hydrogen) atoms. The summed E-state index contributed by atoms with van der Waals surface area (Å²) in [4.78, 5) is 0. The van der Waals surface area contributed by atoms with Gasteiger partial charge in [-0.3, -0.25) is 0 Å². The Hall–Kier alpha value is -1.20. The van der Waals surface area contributed by atoms with Crippen molar-refractivity contribution in [2.24, 2.45) is 5.92 Å². The first-order chi connectivity index (χ1) is 9.58. The highest BCUT2D eigenvalue weighted by Crippen LogP contribution is 2.27. The van der Waals surface area contributed by atoms with Crippen LogP contribution in [0.5, 0.6) is 5.75 Å². The molecule has 0 aromatic heterocycles. The molecule has 0 saturated carbocycles. The summed E-state index contributed by atoms with van der Waals surface area (Å²) in [5.74, 6) is 0.707. The molecule has 112 valence electrons. The molecule has 0 aliphatic carbocycles. The first-order valence-electron chi connectivity index (χ1n) is 6.96. The molecule has 3 nitrogen and oxygen atoms in total. The Kier molecular flexibility index (Phi) is 5.31. The van der Waals surface area contributed by atoms with Crippen molar-refractivity contribution in [3.63, 3.8) is 0 Å². The third kappa shape index (κ3) is 3.90. The van der Waals surface area contributed by atoms with E-state index in [0.717, 1.165) is 25.1 Å². The molecule has 1 aliphatic heterocycles. The molecule has 0 radical (unpaired) electrons. The van der Waals surface area contributed by atoms with Gasteiger partial charge in [0.1, 0.15) is 5.75 Å². The molecule has 1 aliphatic rings. The molecule has 1 aromatic rings. The number of hydrogen-bond donors (Lipinski definition) is 1. The average Bonchev–Trinajstić information content (AvgIpc) is 2.81. The van der Waals surface area contributed by atoms with Crippen LogP contribution in [0.15, 0.2) is 24.3 Å². The van der Waals surface area contributed by atoms with Crippen LogP contribution in [0.1, 0.15) is 31.9 Å². The summed E-state index contributed by atoms with van der Waals surface area (Å²) in [6, 6.07) is 6.86. The molecule has 1 N–H and O–H groups in total. The fourth-order valence-electron chi connectivity index (χ4n) is 2.52. The van der Waals surface area contributed by atoms with Crippen LogP contribution in [0.25, 0.3) is 0 Å². The lowest BCUT2D eigenvalue weighted by atomic mass is 10.0. The van der Waals surface area contributed by atoms with Gasteiger partial charge < -0.3 is 14.8 Å².